The van der Waals surface area contributed by atoms with Crippen LogP contribution in [0.4, 0.5) is 10.1 Å². The van der Waals surface area contributed by atoms with Crippen LogP contribution in [0.15, 0.2) is 29.5 Å². The molecule has 7 heteroatoms. The first-order chi connectivity index (χ1) is 11.7. The lowest BCUT2D eigenvalue weighted by Gasteiger charge is -2.15. The maximum atomic E-state index is 14.1. The fraction of sp³-hybridized carbons (Fsp3) is 0.353. The van der Waals surface area contributed by atoms with Crippen LogP contribution in [0.25, 0.3) is 0 Å². The van der Waals surface area contributed by atoms with Gasteiger partial charge in [0.05, 0.1) is 0 Å². The van der Waals surface area contributed by atoms with Gasteiger partial charge in [-0.3, -0.25) is 4.90 Å². The average molecular weight is 325 g/mol. The Labute approximate surface area is 140 Å². The van der Waals surface area contributed by atoms with Gasteiger partial charge in [-0.05, 0) is 38.1 Å². The lowest BCUT2D eigenvalue weighted by atomic mass is 10.2. The lowest BCUT2D eigenvalue weighted by molar-refractivity contribution is 0.231. The Kier molecular flexibility index (Phi) is 6.14. The molecule has 0 spiro atoms. The standard InChI is InChI=1S/C17H16FN5O/c18-15-9-14(22-16(12-21)13(10-19)11-20)3-4-17(15)24-8-7-23-5-1-2-6-23/h3-4,9,22H,1-2,5-8H2. The molecule has 1 fully saturated rings. The first kappa shape index (κ1) is 17.3. The monoisotopic (exact) mass is 325 g/mol. The van der Waals surface area contributed by atoms with E-state index in [1.54, 1.807) is 18.2 Å². The van der Waals surface area contributed by atoms with Gasteiger partial charge in [0.15, 0.2) is 17.1 Å². The zero-order chi connectivity index (χ0) is 17.4. The lowest BCUT2D eigenvalue weighted by Crippen LogP contribution is -2.25. The topological polar surface area (TPSA) is 95.9 Å². The molecule has 0 saturated carbocycles. The number of rotatable bonds is 6. The molecule has 1 aromatic rings. The van der Waals surface area contributed by atoms with Crippen LogP contribution in [-0.4, -0.2) is 31.1 Å². The van der Waals surface area contributed by atoms with Crippen molar-refractivity contribution < 1.29 is 9.13 Å². The molecule has 0 bridgehead atoms. The maximum absolute atomic E-state index is 14.1. The van der Waals surface area contributed by atoms with Crippen molar-refractivity contribution in [2.75, 3.05) is 31.6 Å². The molecular weight excluding hydrogens is 309 g/mol. The van der Waals surface area contributed by atoms with E-state index in [4.69, 9.17) is 20.5 Å². The third kappa shape index (κ3) is 4.46. The summed E-state index contributed by atoms with van der Waals surface area (Å²) in [5.74, 6) is -0.447. The Morgan fingerprint density at radius 1 is 1.17 bits per heavy atom. The fourth-order valence-electron chi connectivity index (χ4n) is 2.41. The number of nitrogens with one attached hydrogen (secondary N) is 1. The smallest absolute Gasteiger partial charge is 0.167 e. The molecule has 0 aromatic heterocycles. The van der Waals surface area contributed by atoms with Crippen molar-refractivity contribution in [3.05, 3.63) is 35.3 Å². The summed E-state index contributed by atoms with van der Waals surface area (Å²) >= 11 is 0. The number of likely N-dealkylation sites (tertiary alicyclic amines) is 1. The minimum absolute atomic E-state index is 0.128. The van der Waals surface area contributed by atoms with Crippen LogP contribution in [0.3, 0.4) is 0 Å². The van der Waals surface area contributed by atoms with Crippen molar-refractivity contribution >= 4 is 5.69 Å². The van der Waals surface area contributed by atoms with E-state index in [0.717, 1.165) is 25.7 Å². The number of halogens is 1. The molecular formula is C17H16FN5O. The highest BCUT2D eigenvalue weighted by atomic mass is 19.1. The van der Waals surface area contributed by atoms with E-state index in [1.165, 1.54) is 25.0 Å². The summed E-state index contributed by atoms with van der Waals surface area (Å²) < 4.78 is 19.5. The van der Waals surface area contributed by atoms with E-state index in [9.17, 15) is 4.39 Å². The molecule has 1 aliphatic rings. The number of hydrogen-bond acceptors (Lipinski definition) is 6. The van der Waals surface area contributed by atoms with Gasteiger partial charge in [-0.1, -0.05) is 0 Å². The Morgan fingerprint density at radius 2 is 1.88 bits per heavy atom. The van der Waals surface area contributed by atoms with Crippen molar-refractivity contribution in [2.45, 2.75) is 12.8 Å². The number of benzene rings is 1. The fourth-order valence-corrected chi connectivity index (χ4v) is 2.41. The average Bonchev–Trinajstić information content (AvgIpc) is 3.10. The molecule has 0 aliphatic carbocycles. The largest absolute Gasteiger partial charge is 0.489 e. The summed E-state index contributed by atoms with van der Waals surface area (Å²) in [5, 5.41) is 29.1. The number of allylic oxidation sites excluding steroid dienone is 2. The van der Waals surface area contributed by atoms with E-state index in [-0.39, 0.29) is 22.7 Å². The van der Waals surface area contributed by atoms with Gasteiger partial charge in [0.2, 0.25) is 0 Å². The molecule has 0 amide bonds. The predicted molar refractivity (Wildman–Crippen MR) is 85.1 cm³/mol. The number of nitriles is 3. The first-order valence-corrected chi connectivity index (χ1v) is 7.54. The Bertz CT molecular complexity index is 732. The zero-order valence-corrected chi connectivity index (χ0v) is 13.0. The van der Waals surface area contributed by atoms with Gasteiger partial charge >= 0.3 is 0 Å². The van der Waals surface area contributed by atoms with Crippen LogP contribution in [0.5, 0.6) is 5.75 Å². The molecule has 1 aromatic carbocycles. The Morgan fingerprint density at radius 3 is 2.46 bits per heavy atom. The van der Waals surface area contributed by atoms with Crippen molar-refractivity contribution in [2.24, 2.45) is 0 Å². The third-order valence-electron chi connectivity index (χ3n) is 3.65. The highest BCUT2D eigenvalue weighted by molar-refractivity contribution is 5.59. The third-order valence-corrected chi connectivity index (χ3v) is 3.65. The van der Waals surface area contributed by atoms with Crippen molar-refractivity contribution in [3.8, 4) is 24.0 Å². The molecule has 24 heavy (non-hydrogen) atoms. The first-order valence-electron chi connectivity index (χ1n) is 7.54. The maximum Gasteiger partial charge on any atom is 0.167 e. The van der Waals surface area contributed by atoms with Crippen LogP contribution in [0.1, 0.15) is 12.8 Å². The summed E-state index contributed by atoms with van der Waals surface area (Å²) in [6.07, 6.45) is 2.38. The highest BCUT2D eigenvalue weighted by Gasteiger charge is 2.12. The molecule has 2 rings (SSSR count). The van der Waals surface area contributed by atoms with Gasteiger partial charge in [-0.25, -0.2) is 4.39 Å². The number of anilines is 1. The molecule has 0 atom stereocenters. The second kappa shape index (κ2) is 8.53. The normalized spacial score (nSPS) is 13.4. The Hall–Kier alpha value is -3.08. The van der Waals surface area contributed by atoms with Gasteiger partial charge in [-0.2, -0.15) is 15.8 Å². The summed E-state index contributed by atoms with van der Waals surface area (Å²) in [4.78, 5) is 2.27. The quantitative estimate of drug-likeness (QED) is 0.807. The van der Waals surface area contributed by atoms with Gasteiger partial charge < -0.3 is 10.1 Å². The summed E-state index contributed by atoms with van der Waals surface area (Å²) in [6.45, 7) is 3.27. The van der Waals surface area contributed by atoms with E-state index in [1.807, 2.05) is 0 Å². The SMILES string of the molecule is N#CC(C#N)=C(C#N)Nc1ccc(OCCN2CCCC2)c(F)c1. The van der Waals surface area contributed by atoms with Crippen LogP contribution in [0, 0.1) is 39.8 Å². The van der Waals surface area contributed by atoms with Crippen LogP contribution in [0.2, 0.25) is 0 Å². The minimum atomic E-state index is -0.575. The minimum Gasteiger partial charge on any atom is -0.489 e. The molecule has 0 radical (unpaired) electrons. The molecule has 1 heterocycles. The molecule has 6 nitrogen and oxygen atoms in total. The zero-order valence-electron chi connectivity index (χ0n) is 13.0. The van der Waals surface area contributed by atoms with Gasteiger partial charge in [-0.15, -0.1) is 0 Å². The van der Waals surface area contributed by atoms with Gasteiger partial charge in [0, 0.05) is 18.3 Å². The molecule has 1 aliphatic heterocycles. The van der Waals surface area contributed by atoms with Crippen LogP contribution < -0.4 is 10.1 Å². The number of ether oxygens (including phenoxy) is 1. The van der Waals surface area contributed by atoms with E-state index < -0.39 is 5.82 Å². The summed E-state index contributed by atoms with van der Waals surface area (Å²) in [7, 11) is 0. The van der Waals surface area contributed by atoms with Gasteiger partial charge in [0.1, 0.15) is 30.5 Å². The summed E-state index contributed by atoms with van der Waals surface area (Å²) in [6, 6.07) is 9.09. The molecule has 1 saturated heterocycles. The van der Waals surface area contributed by atoms with Crippen molar-refractivity contribution in [3.63, 3.8) is 0 Å². The van der Waals surface area contributed by atoms with Crippen molar-refractivity contribution in [1.29, 1.82) is 15.8 Å². The number of hydrogen-bond donors (Lipinski definition) is 1. The summed E-state index contributed by atoms with van der Waals surface area (Å²) in [5.41, 5.74) is -0.315. The second-order valence-corrected chi connectivity index (χ2v) is 5.25. The molecule has 0 unspecified atom stereocenters. The Balaban J connectivity index is 1.99. The molecule has 122 valence electrons. The number of nitrogens with zero attached hydrogens (tertiary/aromatic N) is 4. The van der Waals surface area contributed by atoms with Crippen LogP contribution in [-0.2, 0) is 0 Å². The van der Waals surface area contributed by atoms with Crippen LogP contribution >= 0.6 is 0 Å². The van der Waals surface area contributed by atoms with Crippen molar-refractivity contribution in [1.82, 2.24) is 4.90 Å². The highest BCUT2D eigenvalue weighted by Crippen LogP contribution is 2.22. The van der Waals surface area contributed by atoms with Gasteiger partial charge in [0.25, 0.3) is 0 Å². The second-order valence-electron chi connectivity index (χ2n) is 5.25. The van der Waals surface area contributed by atoms with E-state index >= 15 is 0 Å². The molecule has 1 N–H and O–H groups in total. The predicted octanol–water partition coefficient (Wildman–Crippen LogP) is 2.54. The van der Waals surface area contributed by atoms with E-state index in [0.29, 0.717) is 6.61 Å². The van der Waals surface area contributed by atoms with E-state index in [2.05, 4.69) is 10.2 Å².